The van der Waals surface area contributed by atoms with Crippen molar-refractivity contribution in [3.63, 3.8) is 0 Å². The largest absolute Gasteiger partial charge is 0.293 e. The molecule has 0 saturated carbocycles. The van der Waals surface area contributed by atoms with Gasteiger partial charge in [-0.15, -0.1) is 0 Å². The van der Waals surface area contributed by atoms with Crippen LogP contribution in [0.3, 0.4) is 0 Å². The first-order valence-corrected chi connectivity index (χ1v) is 5.99. The third kappa shape index (κ3) is 1.26. The Labute approximate surface area is 81.6 Å². The lowest BCUT2D eigenvalue weighted by Crippen LogP contribution is -2.08. The van der Waals surface area contributed by atoms with Crippen LogP contribution >= 0.6 is 0 Å². The molecule has 14 heavy (non-hydrogen) atoms. The highest BCUT2D eigenvalue weighted by atomic mass is 32.2. The Morgan fingerprint density at radius 3 is 2.64 bits per heavy atom. The van der Waals surface area contributed by atoms with Gasteiger partial charge in [-0.2, -0.15) is 5.10 Å². The molecular formula is C8H10N2O3S. The van der Waals surface area contributed by atoms with E-state index in [1.807, 2.05) is 0 Å². The Morgan fingerprint density at radius 1 is 1.43 bits per heavy atom. The molecule has 0 radical (unpaired) electrons. The molecule has 76 valence electrons. The summed E-state index contributed by atoms with van der Waals surface area (Å²) in [5.41, 5.74) is 1.53. The normalized spacial score (nSPS) is 18.1. The highest BCUT2D eigenvalue weighted by Crippen LogP contribution is 2.27. The second-order valence-corrected chi connectivity index (χ2v) is 5.55. The number of hydrogen-bond donors (Lipinski definition) is 0. The predicted molar refractivity (Wildman–Crippen MR) is 49.5 cm³/mol. The summed E-state index contributed by atoms with van der Waals surface area (Å²) >= 11 is 0. The topological polar surface area (TPSA) is 69.0 Å². The minimum absolute atomic E-state index is 0.0382. The van der Waals surface area contributed by atoms with Crippen LogP contribution in [-0.2, 0) is 28.4 Å². The van der Waals surface area contributed by atoms with Gasteiger partial charge in [-0.1, -0.05) is 0 Å². The summed E-state index contributed by atoms with van der Waals surface area (Å²) in [6, 6.07) is 0. The van der Waals surface area contributed by atoms with Crippen molar-refractivity contribution in [2.24, 2.45) is 7.05 Å². The fourth-order valence-electron chi connectivity index (χ4n) is 1.81. The molecule has 2 rings (SSSR count). The molecule has 5 nitrogen and oxygen atoms in total. The number of nitrogens with zero attached hydrogens (tertiary/aromatic N) is 2. The van der Waals surface area contributed by atoms with Crippen LogP contribution in [0.4, 0.5) is 0 Å². The van der Waals surface area contributed by atoms with Crippen LogP contribution in [0.15, 0.2) is 0 Å². The molecule has 1 aromatic heterocycles. The van der Waals surface area contributed by atoms with Crippen molar-refractivity contribution >= 4 is 15.6 Å². The van der Waals surface area contributed by atoms with Gasteiger partial charge < -0.3 is 0 Å². The number of carbonyl (C=O) groups excluding carboxylic acids is 1. The fraction of sp³-hybridized carbons (Fsp3) is 0.500. The van der Waals surface area contributed by atoms with Gasteiger partial charge in [0, 0.05) is 19.5 Å². The molecule has 0 unspecified atom stereocenters. The summed E-state index contributed by atoms with van der Waals surface area (Å²) in [5, 5.41) is 4.02. The lowest BCUT2D eigenvalue weighted by atomic mass is 10.2. The first kappa shape index (κ1) is 9.39. The van der Waals surface area contributed by atoms with Crippen molar-refractivity contribution in [3.05, 3.63) is 17.0 Å². The summed E-state index contributed by atoms with van der Waals surface area (Å²) in [7, 11) is -1.41. The van der Waals surface area contributed by atoms with Crippen LogP contribution in [0, 0.1) is 0 Å². The lowest BCUT2D eigenvalue weighted by molar-refractivity contribution is 0.100. The number of rotatable bonds is 1. The van der Waals surface area contributed by atoms with Crippen molar-refractivity contribution in [1.29, 1.82) is 0 Å². The monoisotopic (exact) mass is 214 g/mol. The number of ketones is 1. The van der Waals surface area contributed by atoms with Crippen LogP contribution in [0.5, 0.6) is 0 Å². The third-order valence-electron chi connectivity index (χ3n) is 2.28. The molecule has 0 fully saturated rings. The van der Waals surface area contributed by atoms with Crippen LogP contribution in [0.2, 0.25) is 0 Å². The maximum Gasteiger partial charge on any atom is 0.178 e. The number of aryl methyl sites for hydroxylation is 1. The lowest BCUT2D eigenvalue weighted by Gasteiger charge is -1.99. The van der Waals surface area contributed by atoms with Gasteiger partial charge in [0.2, 0.25) is 0 Å². The summed E-state index contributed by atoms with van der Waals surface area (Å²) in [4.78, 5) is 11.2. The van der Waals surface area contributed by atoms with E-state index in [-0.39, 0.29) is 17.3 Å². The predicted octanol–water partition coefficient (Wildman–Crippen LogP) is 0.0511. The van der Waals surface area contributed by atoms with Crippen LogP contribution in [0.1, 0.15) is 28.7 Å². The molecule has 0 saturated heterocycles. The standard InChI is InChI=1S/C8H10N2O3S/c1-5(11)8-6-3-14(12,13)4-7(6)9-10(8)2/h3-4H2,1-2H3. The maximum absolute atomic E-state index is 11.3. The van der Waals surface area contributed by atoms with E-state index >= 15 is 0 Å². The van der Waals surface area contributed by atoms with E-state index in [2.05, 4.69) is 5.10 Å². The van der Waals surface area contributed by atoms with E-state index in [0.29, 0.717) is 17.0 Å². The van der Waals surface area contributed by atoms with Gasteiger partial charge in [-0.25, -0.2) is 8.42 Å². The van der Waals surface area contributed by atoms with Gasteiger partial charge >= 0.3 is 0 Å². The van der Waals surface area contributed by atoms with E-state index in [0.717, 1.165) is 0 Å². The van der Waals surface area contributed by atoms with E-state index in [1.165, 1.54) is 11.6 Å². The molecule has 2 heterocycles. The summed E-state index contributed by atoms with van der Waals surface area (Å²) < 4.78 is 24.0. The molecule has 0 bridgehead atoms. The number of aromatic nitrogens is 2. The second-order valence-electron chi connectivity index (χ2n) is 3.49. The molecule has 0 aliphatic carbocycles. The van der Waals surface area contributed by atoms with Gasteiger partial charge in [-0.05, 0) is 0 Å². The summed E-state index contributed by atoms with van der Waals surface area (Å²) in [6.07, 6.45) is 0. The number of sulfone groups is 1. The molecule has 1 aliphatic heterocycles. The molecule has 0 atom stereocenters. The Morgan fingerprint density at radius 2 is 2.07 bits per heavy atom. The Kier molecular flexibility index (Phi) is 1.79. The fourth-order valence-corrected chi connectivity index (χ4v) is 3.30. The number of fused-ring (bicyclic) bond motifs is 1. The minimum Gasteiger partial charge on any atom is -0.293 e. The van der Waals surface area contributed by atoms with Gasteiger partial charge in [0.25, 0.3) is 0 Å². The molecule has 0 aromatic carbocycles. The van der Waals surface area contributed by atoms with Crippen molar-refractivity contribution in [3.8, 4) is 0 Å². The zero-order valence-corrected chi connectivity index (χ0v) is 8.76. The molecule has 0 amide bonds. The summed E-state index contributed by atoms with van der Waals surface area (Å²) in [6.45, 7) is 1.42. The smallest absolute Gasteiger partial charge is 0.178 e. The number of Topliss-reactive ketones (excluding diaryl/α,β-unsaturated/α-hetero) is 1. The second kappa shape index (κ2) is 2.66. The Balaban J connectivity index is 2.63. The first-order valence-electron chi connectivity index (χ1n) is 4.17. The molecule has 1 aromatic rings. The van der Waals surface area contributed by atoms with Gasteiger partial charge in [0.1, 0.15) is 5.69 Å². The first-order chi connectivity index (χ1) is 6.41. The molecule has 1 aliphatic rings. The molecule has 6 heteroatoms. The van der Waals surface area contributed by atoms with Gasteiger partial charge in [0.05, 0.1) is 17.2 Å². The Bertz CT molecular complexity index is 513. The highest BCUT2D eigenvalue weighted by Gasteiger charge is 2.32. The van der Waals surface area contributed by atoms with Crippen LogP contribution in [-0.4, -0.2) is 24.0 Å². The van der Waals surface area contributed by atoms with Crippen molar-refractivity contribution in [1.82, 2.24) is 9.78 Å². The van der Waals surface area contributed by atoms with Crippen molar-refractivity contribution in [2.75, 3.05) is 0 Å². The molecule has 0 spiro atoms. The quantitative estimate of drug-likeness (QED) is 0.619. The number of hydrogen-bond acceptors (Lipinski definition) is 4. The molecule has 0 N–H and O–H groups in total. The van der Waals surface area contributed by atoms with E-state index in [4.69, 9.17) is 0 Å². The maximum atomic E-state index is 11.3. The zero-order chi connectivity index (χ0) is 10.5. The number of carbonyl (C=O) groups is 1. The van der Waals surface area contributed by atoms with E-state index in [9.17, 15) is 13.2 Å². The summed E-state index contributed by atoms with van der Waals surface area (Å²) in [5.74, 6) is -0.229. The highest BCUT2D eigenvalue weighted by molar-refractivity contribution is 7.90. The van der Waals surface area contributed by atoms with E-state index in [1.54, 1.807) is 7.05 Å². The SMILES string of the molecule is CC(=O)c1c2c(nn1C)CS(=O)(=O)C2. The molecular weight excluding hydrogens is 204 g/mol. The van der Waals surface area contributed by atoms with Gasteiger partial charge in [0.15, 0.2) is 15.6 Å². The third-order valence-corrected chi connectivity index (χ3v) is 3.72. The Hall–Kier alpha value is -1.17. The van der Waals surface area contributed by atoms with E-state index < -0.39 is 9.84 Å². The van der Waals surface area contributed by atoms with Crippen LogP contribution < -0.4 is 0 Å². The van der Waals surface area contributed by atoms with Gasteiger partial charge in [-0.3, -0.25) is 9.48 Å². The van der Waals surface area contributed by atoms with Crippen molar-refractivity contribution < 1.29 is 13.2 Å². The van der Waals surface area contributed by atoms with Crippen LogP contribution in [0.25, 0.3) is 0 Å². The minimum atomic E-state index is -3.06. The average Bonchev–Trinajstić information content (AvgIpc) is 2.37. The van der Waals surface area contributed by atoms with Crippen molar-refractivity contribution in [2.45, 2.75) is 18.4 Å². The average molecular weight is 214 g/mol. The zero-order valence-electron chi connectivity index (χ0n) is 7.94.